The van der Waals surface area contributed by atoms with Crippen molar-refractivity contribution in [2.24, 2.45) is 11.7 Å². The highest BCUT2D eigenvalue weighted by Gasteiger charge is 2.05. The van der Waals surface area contributed by atoms with Gasteiger partial charge in [-0.1, -0.05) is 30.7 Å². The summed E-state index contributed by atoms with van der Waals surface area (Å²) in [6, 6.07) is 4.47. The lowest BCUT2D eigenvalue weighted by atomic mass is 10.2. The molecule has 0 aromatic heterocycles. The first-order valence-electron chi connectivity index (χ1n) is 4.49. The Morgan fingerprint density at radius 1 is 1.67 bits per heavy atom. The largest absolute Gasteiger partial charge is 0.393 e. The fourth-order valence-electron chi connectivity index (χ4n) is 0.978. The van der Waals surface area contributed by atoms with Crippen LogP contribution in [-0.2, 0) is 0 Å². The number of rotatable bonds is 4. The third-order valence-electron chi connectivity index (χ3n) is 2.02. The first kappa shape index (κ1) is 12.2. The number of hydrogen-bond acceptors (Lipinski definition) is 2. The quantitative estimate of drug-likeness (QED) is 0.803. The van der Waals surface area contributed by atoms with E-state index in [1.807, 2.05) is 6.92 Å². The molecule has 1 aromatic carbocycles. The lowest BCUT2D eigenvalue weighted by molar-refractivity contribution is 0.628. The van der Waals surface area contributed by atoms with Gasteiger partial charge in [-0.05, 0) is 18.2 Å². The van der Waals surface area contributed by atoms with Gasteiger partial charge in [-0.25, -0.2) is 4.39 Å². The van der Waals surface area contributed by atoms with Crippen LogP contribution in [0.3, 0.4) is 0 Å². The molecule has 0 amide bonds. The molecule has 3 N–H and O–H groups in total. The molecule has 0 aliphatic carbocycles. The second-order valence-corrected chi connectivity index (χ2v) is 4.19. The van der Waals surface area contributed by atoms with Crippen LogP contribution in [0.2, 0.25) is 5.02 Å². The molecule has 0 aliphatic heterocycles. The third kappa shape index (κ3) is 3.64. The van der Waals surface area contributed by atoms with Crippen molar-refractivity contribution in [3.05, 3.63) is 29.0 Å². The molecule has 0 radical (unpaired) electrons. The molecule has 5 heteroatoms. The van der Waals surface area contributed by atoms with E-state index in [-0.39, 0.29) is 10.9 Å². The minimum absolute atomic E-state index is 0.0869. The third-order valence-corrected chi connectivity index (χ3v) is 2.71. The van der Waals surface area contributed by atoms with E-state index in [1.165, 1.54) is 12.1 Å². The van der Waals surface area contributed by atoms with E-state index in [0.717, 1.165) is 5.69 Å². The molecule has 1 rings (SSSR count). The summed E-state index contributed by atoms with van der Waals surface area (Å²) in [6.07, 6.45) is 0. The Bertz CT molecular complexity index is 370. The second-order valence-electron chi connectivity index (χ2n) is 3.31. The van der Waals surface area contributed by atoms with Crippen LogP contribution >= 0.6 is 23.8 Å². The highest BCUT2D eigenvalue weighted by molar-refractivity contribution is 7.80. The van der Waals surface area contributed by atoms with Crippen molar-refractivity contribution in [2.45, 2.75) is 6.92 Å². The van der Waals surface area contributed by atoms with Crippen LogP contribution in [0.1, 0.15) is 6.92 Å². The van der Waals surface area contributed by atoms with Crippen LogP contribution in [0, 0.1) is 11.7 Å². The van der Waals surface area contributed by atoms with Crippen molar-refractivity contribution in [3.8, 4) is 0 Å². The zero-order valence-corrected chi connectivity index (χ0v) is 9.83. The van der Waals surface area contributed by atoms with E-state index in [2.05, 4.69) is 5.32 Å². The highest BCUT2D eigenvalue weighted by atomic mass is 35.5. The number of hydrogen-bond donors (Lipinski definition) is 2. The smallest absolute Gasteiger partial charge is 0.141 e. The molecule has 0 saturated carbocycles. The molecule has 0 aliphatic rings. The van der Waals surface area contributed by atoms with Gasteiger partial charge in [0.2, 0.25) is 0 Å². The SMILES string of the molecule is CC(CNc1ccc(F)c(Cl)c1)C(N)=S. The second kappa shape index (κ2) is 5.28. The van der Waals surface area contributed by atoms with Gasteiger partial charge >= 0.3 is 0 Å². The Morgan fingerprint density at radius 2 is 2.33 bits per heavy atom. The maximum atomic E-state index is 12.8. The van der Waals surface area contributed by atoms with Crippen LogP contribution in [0.4, 0.5) is 10.1 Å². The number of benzene rings is 1. The Balaban J connectivity index is 2.58. The van der Waals surface area contributed by atoms with Crippen molar-refractivity contribution >= 4 is 34.5 Å². The summed E-state index contributed by atoms with van der Waals surface area (Å²) < 4.78 is 12.8. The maximum Gasteiger partial charge on any atom is 0.141 e. The molecule has 15 heavy (non-hydrogen) atoms. The summed E-state index contributed by atoms with van der Waals surface area (Å²) in [5.41, 5.74) is 6.21. The number of nitrogens with one attached hydrogen (secondary N) is 1. The van der Waals surface area contributed by atoms with Gasteiger partial charge < -0.3 is 11.1 Å². The molecule has 82 valence electrons. The fourth-order valence-corrected chi connectivity index (χ4v) is 1.24. The van der Waals surface area contributed by atoms with Gasteiger partial charge in [-0.2, -0.15) is 0 Å². The van der Waals surface area contributed by atoms with Crippen LogP contribution in [0.5, 0.6) is 0 Å². The summed E-state index contributed by atoms with van der Waals surface area (Å²) in [5, 5.41) is 3.18. The predicted molar refractivity (Wildman–Crippen MR) is 65.8 cm³/mol. The van der Waals surface area contributed by atoms with Crippen molar-refractivity contribution in [3.63, 3.8) is 0 Å². The van der Waals surface area contributed by atoms with Crippen LogP contribution < -0.4 is 11.1 Å². The molecule has 1 atom stereocenters. The summed E-state index contributed by atoms with van der Waals surface area (Å²) in [5.74, 6) is -0.339. The van der Waals surface area contributed by atoms with Crippen molar-refractivity contribution in [1.29, 1.82) is 0 Å². The average Bonchev–Trinajstić information content (AvgIpc) is 2.19. The molecule has 1 unspecified atom stereocenters. The first-order valence-corrected chi connectivity index (χ1v) is 5.27. The van der Waals surface area contributed by atoms with Gasteiger partial charge in [0.25, 0.3) is 0 Å². The Morgan fingerprint density at radius 3 is 2.87 bits per heavy atom. The lowest BCUT2D eigenvalue weighted by Crippen LogP contribution is -2.25. The van der Waals surface area contributed by atoms with Gasteiger partial charge in [0.1, 0.15) is 5.82 Å². The summed E-state index contributed by atoms with van der Waals surface area (Å²) in [7, 11) is 0. The minimum atomic E-state index is -0.426. The van der Waals surface area contributed by atoms with E-state index in [9.17, 15) is 4.39 Å². The zero-order chi connectivity index (χ0) is 11.4. The molecule has 0 fully saturated rings. The van der Waals surface area contributed by atoms with Crippen LogP contribution in [-0.4, -0.2) is 11.5 Å². The molecule has 2 nitrogen and oxygen atoms in total. The fraction of sp³-hybridized carbons (Fsp3) is 0.300. The number of halogens is 2. The Kier molecular flexibility index (Phi) is 4.29. The molecular formula is C10H12ClFN2S. The van der Waals surface area contributed by atoms with Gasteiger partial charge in [-0.15, -0.1) is 0 Å². The van der Waals surface area contributed by atoms with Gasteiger partial charge in [0.15, 0.2) is 0 Å². The molecular weight excluding hydrogens is 235 g/mol. The summed E-state index contributed by atoms with van der Waals surface area (Å²) in [4.78, 5) is 0.454. The molecule has 0 heterocycles. The monoisotopic (exact) mass is 246 g/mol. The van der Waals surface area contributed by atoms with E-state index >= 15 is 0 Å². The highest BCUT2D eigenvalue weighted by Crippen LogP contribution is 2.19. The number of thiocarbonyl (C=S) groups is 1. The van der Waals surface area contributed by atoms with Crippen molar-refractivity contribution in [2.75, 3.05) is 11.9 Å². The normalized spacial score (nSPS) is 12.2. The van der Waals surface area contributed by atoms with E-state index < -0.39 is 5.82 Å². The zero-order valence-electron chi connectivity index (χ0n) is 8.26. The molecule has 0 saturated heterocycles. The minimum Gasteiger partial charge on any atom is -0.393 e. The Labute approximate surface area is 98.6 Å². The molecule has 1 aromatic rings. The average molecular weight is 247 g/mol. The predicted octanol–water partition coefficient (Wildman–Crippen LogP) is 2.81. The van der Waals surface area contributed by atoms with E-state index in [1.54, 1.807) is 6.07 Å². The first-order chi connectivity index (χ1) is 7.00. The molecule has 0 bridgehead atoms. The maximum absolute atomic E-state index is 12.8. The summed E-state index contributed by atoms with van der Waals surface area (Å²) >= 11 is 10.5. The van der Waals surface area contributed by atoms with Gasteiger partial charge in [-0.3, -0.25) is 0 Å². The van der Waals surface area contributed by atoms with Crippen molar-refractivity contribution in [1.82, 2.24) is 0 Å². The van der Waals surface area contributed by atoms with Crippen LogP contribution in [0.25, 0.3) is 0 Å². The standard InChI is InChI=1S/C10H12ClFN2S/c1-6(10(13)15)5-14-7-2-3-9(12)8(11)4-7/h2-4,6,14H,5H2,1H3,(H2,13,15). The van der Waals surface area contributed by atoms with Crippen molar-refractivity contribution < 1.29 is 4.39 Å². The topological polar surface area (TPSA) is 38.0 Å². The number of nitrogens with two attached hydrogens (primary N) is 1. The van der Waals surface area contributed by atoms with Gasteiger partial charge in [0.05, 0.1) is 10.0 Å². The molecule has 0 spiro atoms. The Hall–Kier alpha value is -0.870. The van der Waals surface area contributed by atoms with E-state index in [4.69, 9.17) is 29.6 Å². The van der Waals surface area contributed by atoms with Gasteiger partial charge in [0, 0.05) is 18.2 Å². The summed E-state index contributed by atoms with van der Waals surface area (Å²) in [6.45, 7) is 2.53. The van der Waals surface area contributed by atoms with Crippen LogP contribution in [0.15, 0.2) is 18.2 Å². The lowest BCUT2D eigenvalue weighted by Gasteiger charge is -2.12. The number of anilines is 1. The van der Waals surface area contributed by atoms with E-state index in [0.29, 0.717) is 11.5 Å².